The van der Waals surface area contributed by atoms with E-state index in [1.54, 1.807) is 6.07 Å². The average molecular weight is 497 g/mol. The highest BCUT2D eigenvalue weighted by atomic mass is 19.1. The molecule has 0 bridgehead atoms. The van der Waals surface area contributed by atoms with Gasteiger partial charge >= 0.3 is 5.76 Å². The fourth-order valence-electron chi connectivity index (χ4n) is 5.07. The molecule has 3 aromatic heterocycles. The molecule has 1 aliphatic heterocycles. The fraction of sp³-hybridized carbons (Fsp3) is 0.207. The summed E-state index contributed by atoms with van der Waals surface area (Å²) in [7, 11) is 0. The second-order valence-corrected chi connectivity index (χ2v) is 9.23. The van der Waals surface area contributed by atoms with Crippen LogP contribution in [0.4, 0.5) is 4.39 Å². The van der Waals surface area contributed by atoms with E-state index in [1.807, 2.05) is 25.1 Å². The number of halogens is 1. The molecule has 0 spiro atoms. The number of hydrogen-bond acceptors (Lipinski definition) is 5. The zero-order valence-corrected chi connectivity index (χ0v) is 20.5. The first-order valence-electron chi connectivity index (χ1n) is 12.3. The number of ether oxygens (including phenoxy) is 1. The number of imidazole rings is 1. The Morgan fingerprint density at radius 2 is 2.00 bits per heavy atom. The number of fused-ring (bicyclic) bond motifs is 3. The highest BCUT2D eigenvalue weighted by Crippen LogP contribution is 2.41. The summed E-state index contributed by atoms with van der Waals surface area (Å²) >= 11 is 0. The molecule has 6 rings (SSSR count). The van der Waals surface area contributed by atoms with Crippen LogP contribution >= 0.6 is 0 Å². The van der Waals surface area contributed by atoms with Gasteiger partial charge in [-0.05, 0) is 59.9 Å². The summed E-state index contributed by atoms with van der Waals surface area (Å²) in [6.45, 7) is 4.29. The van der Waals surface area contributed by atoms with E-state index >= 15 is 0 Å². The quantitative estimate of drug-likeness (QED) is 0.344. The van der Waals surface area contributed by atoms with Crippen molar-refractivity contribution < 1.29 is 13.7 Å². The zero-order valence-electron chi connectivity index (χ0n) is 20.5. The summed E-state index contributed by atoms with van der Waals surface area (Å²) in [6.07, 6.45) is 4.69. The molecule has 0 atom stereocenters. The maximum Gasteiger partial charge on any atom is 0.439 e. The average Bonchev–Trinajstić information content (AvgIpc) is 3.44. The van der Waals surface area contributed by atoms with Gasteiger partial charge in [0.1, 0.15) is 23.8 Å². The van der Waals surface area contributed by atoms with Gasteiger partial charge in [-0.2, -0.15) is 0 Å². The molecular weight excluding hydrogens is 471 g/mol. The largest absolute Gasteiger partial charge is 0.488 e. The van der Waals surface area contributed by atoms with E-state index in [1.165, 1.54) is 17.8 Å². The maximum absolute atomic E-state index is 14.1. The summed E-state index contributed by atoms with van der Waals surface area (Å²) in [4.78, 5) is 19.1. The molecule has 4 heterocycles. The van der Waals surface area contributed by atoms with Crippen molar-refractivity contribution in [2.24, 2.45) is 0 Å². The number of allylic oxidation sites excluding steroid dienone is 1. The van der Waals surface area contributed by atoms with Crippen LogP contribution in [0.15, 0.2) is 70.1 Å². The Morgan fingerprint density at radius 1 is 1.14 bits per heavy atom. The van der Waals surface area contributed by atoms with E-state index in [0.29, 0.717) is 23.6 Å². The van der Waals surface area contributed by atoms with Gasteiger partial charge in [0.05, 0.1) is 11.4 Å². The molecule has 1 aliphatic rings. The van der Waals surface area contributed by atoms with Gasteiger partial charge < -0.3 is 9.14 Å². The lowest BCUT2D eigenvalue weighted by Gasteiger charge is -2.14. The van der Waals surface area contributed by atoms with E-state index in [0.717, 1.165) is 52.0 Å². The predicted octanol–water partition coefficient (Wildman–Crippen LogP) is 5.56. The van der Waals surface area contributed by atoms with Gasteiger partial charge in [0.15, 0.2) is 5.82 Å². The van der Waals surface area contributed by atoms with Gasteiger partial charge in [-0.15, -0.1) is 0 Å². The fourth-order valence-corrected chi connectivity index (χ4v) is 5.07. The lowest BCUT2D eigenvalue weighted by Crippen LogP contribution is -2.02. The van der Waals surface area contributed by atoms with E-state index in [4.69, 9.17) is 14.2 Å². The van der Waals surface area contributed by atoms with Crippen molar-refractivity contribution in [1.29, 1.82) is 0 Å². The predicted molar refractivity (Wildman–Crippen MR) is 138 cm³/mol. The van der Waals surface area contributed by atoms with Crippen molar-refractivity contribution in [1.82, 2.24) is 19.5 Å². The molecule has 1 N–H and O–H groups in total. The van der Waals surface area contributed by atoms with Crippen molar-refractivity contribution in [3.8, 4) is 5.75 Å². The number of aryl methyl sites for hydroxylation is 1. The minimum absolute atomic E-state index is 0.278. The van der Waals surface area contributed by atoms with E-state index < -0.39 is 5.76 Å². The van der Waals surface area contributed by atoms with Crippen LogP contribution in [-0.4, -0.2) is 19.5 Å². The Hall–Kier alpha value is -4.46. The molecule has 0 aliphatic carbocycles. The third-order valence-electron chi connectivity index (χ3n) is 6.78. The topological polar surface area (TPSA) is 85.4 Å². The molecule has 0 unspecified atom stereocenters. The second kappa shape index (κ2) is 9.20. The van der Waals surface area contributed by atoms with Gasteiger partial charge in [-0.25, -0.2) is 14.2 Å². The summed E-state index contributed by atoms with van der Waals surface area (Å²) < 4.78 is 27.1. The van der Waals surface area contributed by atoms with Crippen LogP contribution in [0.5, 0.6) is 5.75 Å². The number of hydrogen-bond donors (Lipinski definition) is 1. The number of nitrogens with one attached hydrogen (secondary N) is 1. The SMILES string of the molecule is CCCc1nc2ccccn2c1Cc1ccc2c(c1)COc1cc(F)ccc1/C2=C(\C)c1noc(=O)[nH]1. The first kappa shape index (κ1) is 23.0. The first-order chi connectivity index (χ1) is 18.0. The van der Waals surface area contributed by atoms with Crippen molar-refractivity contribution in [2.75, 3.05) is 0 Å². The van der Waals surface area contributed by atoms with E-state index in [9.17, 15) is 9.18 Å². The van der Waals surface area contributed by atoms with Crippen molar-refractivity contribution in [3.63, 3.8) is 0 Å². The van der Waals surface area contributed by atoms with Crippen LogP contribution in [0.25, 0.3) is 16.8 Å². The standard InChI is InChI=1S/C29H25FN4O3/c1-3-6-23-24(34-12-5-4-7-26(34)31-23)14-18-8-10-21-19(13-18)16-36-25-15-20(30)9-11-22(25)27(21)17(2)28-32-29(35)37-33-28/h4-5,7-13,15H,3,6,14,16H2,1-2H3,(H,32,33,35)/b27-17+. The van der Waals surface area contributed by atoms with Gasteiger partial charge in [0.25, 0.3) is 0 Å². The Balaban J connectivity index is 1.48. The molecule has 2 aromatic carbocycles. The number of rotatable bonds is 5. The summed E-state index contributed by atoms with van der Waals surface area (Å²) in [6, 6.07) is 16.8. The van der Waals surface area contributed by atoms with Crippen molar-refractivity contribution in [3.05, 3.63) is 117 Å². The monoisotopic (exact) mass is 496 g/mol. The highest BCUT2D eigenvalue weighted by molar-refractivity contribution is 5.99. The molecule has 0 saturated heterocycles. The number of benzene rings is 2. The molecule has 37 heavy (non-hydrogen) atoms. The lowest BCUT2D eigenvalue weighted by atomic mass is 9.89. The van der Waals surface area contributed by atoms with Crippen LogP contribution in [0.2, 0.25) is 0 Å². The first-order valence-corrected chi connectivity index (χ1v) is 12.3. The molecule has 8 heteroatoms. The second-order valence-electron chi connectivity index (χ2n) is 9.23. The molecule has 0 radical (unpaired) electrons. The molecule has 0 fully saturated rings. The number of H-pyrrole nitrogens is 1. The molecule has 7 nitrogen and oxygen atoms in total. The van der Waals surface area contributed by atoms with Crippen LogP contribution in [-0.2, 0) is 19.4 Å². The third-order valence-corrected chi connectivity index (χ3v) is 6.78. The molecule has 0 saturated carbocycles. The van der Waals surface area contributed by atoms with Crippen LogP contribution in [0.3, 0.4) is 0 Å². The summed E-state index contributed by atoms with van der Waals surface area (Å²) in [5.74, 6) is -0.258. The summed E-state index contributed by atoms with van der Waals surface area (Å²) in [5.41, 5.74) is 8.46. The Labute approximate surface area is 212 Å². The van der Waals surface area contributed by atoms with Crippen molar-refractivity contribution >= 4 is 16.8 Å². The normalized spacial score (nSPS) is 14.1. The van der Waals surface area contributed by atoms with Crippen LogP contribution in [0, 0.1) is 5.82 Å². The number of aromatic amines is 1. The van der Waals surface area contributed by atoms with Crippen LogP contribution < -0.4 is 10.5 Å². The number of pyridine rings is 1. The maximum atomic E-state index is 14.1. The summed E-state index contributed by atoms with van der Waals surface area (Å²) in [5, 5.41) is 3.88. The Morgan fingerprint density at radius 3 is 2.81 bits per heavy atom. The minimum atomic E-state index is -0.634. The molecule has 186 valence electrons. The zero-order chi connectivity index (χ0) is 25.5. The van der Waals surface area contributed by atoms with Gasteiger partial charge in [-0.1, -0.05) is 42.8 Å². The minimum Gasteiger partial charge on any atom is -0.488 e. The Bertz CT molecular complexity index is 1730. The number of nitrogens with zero attached hydrogens (tertiary/aromatic N) is 3. The van der Waals surface area contributed by atoms with Gasteiger partial charge in [0, 0.05) is 29.8 Å². The third kappa shape index (κ3) is 4.14. The Kier molecular flexibility index (Phi) is 5.71. The van der Waals surface area contributed by atoms with Gasteiger partial charge in [0.2, 0.25) is 0 Å². The molecule has 0 amide bonds. The van der Waals surface area contributed by atoms with Gasteiger partial charge in [-0.3, -0.25) is 9.51 Å². The highest BCUT2D eigenvalue weighted by Gasteiger charge is 2.24. The smallest absolute Gasteiger partial charge is 0.439 e. The molecule has 5 aromatic rings. The van der Waals surface area contributed by atoms with Crippen molar-refractivity contribution in [2.45, 2.75) is 39.7 Å². The molecular formula is C29H25FN4O3. The van der Waals surface area contributed by atoms with E-state index in [2.05, 4.69) is 45.9 Å². The lowest BCUT2D eigenvalue weighted by molar-refractivity contribution is 0.305. The number of aromatic nitrogens is 4. The van der Waals surface area contributed by atoms with E-state index in [-0.39, 0.29) is 12.4 Å². The van der Waals surface area contributed by atoms with Crippen LogP contribution in [0.1, 0.15) is 59.7 Å².